The van der Waals surface area contributed by atoms with Crippen molar-refractivity contribution in [3.8, 4) is 0 Å². The molecular weight excluding hydrogens is 346 g/mol. The molecule has 0 aliphatic rings. The van der Waals surface area contributed by atoms with E-state index in [9.17, 15) is 0 Å². The molecule has 19 heavy (non-hydrogen) atoms. The van der Waals surface area contributed by atoms with Crippen LogP contribution in [0.3, 0.4) is 0 Å². The number of aryl methyl sites for hydroxylation is 2. The number of hydrogen-bond acceptors (Lipinski definition) is 3. The summed E-state index contributed by atoms with van der Waals surface area (Å²) in [6.45, 7) is 2.10. The standard InChI is InChI=1S/C13H15BrClN3S/c1-3-10-13(14)11(18(2)17-10)7-19-12-5-4-8(15)6-9(12)16/h4-6H,3,7,16H2,1-2H3. The molecule has 1 heterocycles. The third-order valence-electron chi connectivity index (χ3n) is 2.84. The topological polar surface area (TPSA) is 43.8 Å². The largest absolute Gasteiger partial charge is 0.398 e. The maximum absolute atomic E-state index is 5.95. The molecule has 6 heteroatoms. The SMILES string of the molecule is CCc1nn(C)c(CSc2ccc(Cl)cc2N)c1Br. The molecular formula is C13H15BrClN3S. The monoisotopic (exact) mass is 359 g/mol. The molecule has 2 N–H and O–H groups in total. The zero-order valence-corrected chi connectivity index (χ0v) is 13.9. The Morgan fingerprint density at radius 2 is 2.21 bits per heavy atom. The van der Waals surface area contributed by atoms with Crippen LogP contribution in [0.15, 0.2) is 27.6 Å². The molecule has 102 valence electrons. The van der Waals surface area contributed by atoms with E-state index < -0.39 is 0 Å². The number of thioether (sulfide) groups is 1. The van der Waals surface area contributed by atoms with E-state index in [1.54, 1.807) is 17.8 Å². The van der Waals surface area contributed by atoms with Crippen LogP contribution in [0.2, 0.25) is 5.02 Å². The van der Waals surface area contributed by atoms with Crippen molar-refractivity contribution in [2.45, 2.75) is 24.0 Å². The van der Waals surface area contributed by atoms with Gasteiger partial charge in [0.15, 0.2) is 0 Å². The summed E-state index contributed by atoms with van der Waals surface area (Å²) in [5.74, 6) is 0.815. The van der Waals surface area contributed by atoms with Crippen LogP contribution in [0.25, 0.3) is 0 Å². The molecule has 0 spiro atoms. The number of rotatable bonds is 4. The first-order valence-electron chi connectivity index (χ1n) is 5.91. The van der Waals surface area contributed by atoms with Gasteiger partial charge in [0.25, 0.3) is 0 Å². The van der Waals surface area contributed by atoms with E-state index in [-0.39, 0.29) is 0 Å². The number of anilines is 1. The van der Waals surface area contributed by atoms with Crippen molar-refractivity contribution in [2.75, 3.05) is 5.73 Å². The van der Waals surface area contributed by atoms with Crippen LogP contribution < -0.4 is 5.73 Å². The number of hydrogen-bond donors (Lipinski definition) is 1. The average Bonchev–Trinajstić information content (AvgIpc) is 2.64. The van der Waals surface area contributed by atoms with Crippen molar-refractivity contribution in [2.24, 2.45) is 7.05 Å². The normalized spacial score (nSPS) is 10.9. The molecule has 0 bridgehead atoms. The van der Waals surface area contributed by atoms with Crippen molar-refractivity contribution in [1.29, 1.82) is 0 Å². The first-order valence-corrected chi connectivity index (χ1v) is 8.06. The Kier molecular flexibility index (Phi) is 4.81. The van der Waals surface area contributed by atoms with E-state index in [4.69, 9.17) is 17.3 Å². The molecule has 0 radical (unpaired) electrons. The van der Waals surface area contributed by atoms with Gasteiger partial charge < -0.3 is 5.73 Å². The van der Waals surface area contributed by atoms with Gasteiger partial charge in [-0.15, -0.1) is 11.8 Å². The van der Waals surface area contributed by atoms with E-state index in [0.29, 0.717) is 10.7 Å². The Bertz CT molecular complexity index is 598. The molecule has 0 atom stereocenters. The van der Waals surface area contributed by atoms with Crippen molar-refractivity contribution in [3.05, 3.63) is 39.1 Å². The summed E-state index contributed by atoms with van der Waals surface area (Å²) in [6.07, 6.45) is 0.919. The van der Waals surface area contributed by atoms with Crippen molar-refractivity contribution in [1.82, 2.24) is 9.78 Å². The van der Waals surface area contributed by atoms with E-state index >= 15 is 0 Å². The Morgan fingerprint density at radius 1 is 1.47 bits per heavy atom. The average molecular weight is 361 g/mol. The molecule has 2 rings (SSSR count). The highest BCUT2D eigenvalue weighted by molar-refractivity contribution is 9.10. The second kappa shape index (κ2) is 6.20. The predicted molar refractivity (Wildman–Crippen MR) is 85.7 cm³/mol. The zero-order chi connectivity index (χ0) is 14.0. The van der Waals surface area contributed by atoms with Crippen LogP contribution in [0.5, 0.6) is 0 Å². The lowest BCUT2D eigenvalue weighted by Crippen LogP contribution is -1.97. The maximum Gasteiger partial charge on any atom is 0.0767 e. The highest BCUT2D eigenvalue weighted by Gasteiger charge is 2.13. The van der Waals surface area contributed by atoms with Gasteiger partial charge in [0.1, 0.15) is 0 Å². The summed E-state index contributed by atoms with van der Waals surface area (Å²) in [5.41, 5.74) is 8.92. The summed E-state index contributed by atoms with van der Waals surface area (Å²) in [4.78, 5) is 1.04. The van der Waals surface area contributed by atoms with Crippen molar-refractivity contribution < 1.29 is 0 Å². The molecule has 0 saturated heterocycles. The quantitative estimate of drug-likeness (QED) is 0.654. The summed E-state index contributed by atoms with van der Waals surface area (Å²) < 4.78 is 3.01. The molecule has 0 unspecified atom stereocenters. The minimum Gasteiger partial charge on any atom is -0.398 e. The lowest BCUT2D eigenvalue weighted by Gasteiger charge is -2.06. The van der Waals surface area contributed by atoms with Crippen LogP contribution >= 0.6 is 39.3 Å². The van der Waals surface area contributed by atoms with Crippen LogP contribution in [0.4, 0.5) is 5.69 Å². The molecule has 0 aliphatic heterocycles. The molecule has 0 amide bonds. The van der Waals surface area contributed by atoms with Gasteiger partial charge in [-0.3, -0.25) is 4.68 Å². The van der Waals surface area contributed by atoms with Crippen LogP contribution in [-0.2, 0) is 19.2 Å². The van der Waals surface area contributed by atoms with Crippen LogP contribution in [-0.4, -0.2) is 9.78 Å². The molecule has 1 aromatic carbocycles. The fourth-order valence-electron chi connectivity index (χ4n) is 1.77. The lowest BCUT2D eigenvalue weighted by atomic mass is 10.3. The Balaban J connectivity index is 2.16. The second-order valence-corrected chi connectivity index (χ2v) is 6.40. The van der Waals surface area contributed by atoms with E-state index in [2.05, 4.69) is 28.0 Å². The summed E-state index contributed by atoms with van der Waals surface area (Å²) in [6, 6.07) is 5.59. The Morgan fingerprint density at radius 3 is 2.79 bits per heavy atom. The predicted octanol–water partition coefficient (Wildman–Crippen LogP) is 4.27. The molecule has 2 aromatic rings. The van der Waals surface area contributed by atoms with Gasteiger partial charge in [-0.2, -0.15) is 5.10 Å². The number of halogens is 2. The van der Waals surface area contributed by atoms with E-state index in [1.807, 2.05) is 23.9 Å². The Labute approximate surface area is 130 Å². The van der Waals surface area contributed by atoms with Crippen molar-refractivity contribution >= 4 is 45.0 Å². The molecule has 3 nitrogen and oxygen atoms in total. The number of aromatic nitrogens is 2. The maximum atomic E-state index is 5.95. The van der Waals surface area contributed by atoms with E-state index in [0.717, 1.165) is 32.9 Å². The van der Waals surface area contributed by atoms with Gasteiger partial charge in [0.05, 0.1) is 15.9 Å². The van der Waals surface area contributed by atoms with E-state index in [1.165, 1.54) is 0 Å². The highest BCUT2D eigenvalue weighted by Crippen LogP contribution is 2.33. The fourth-order valence-corrected chi connectivity index (χ4v) is 3.91. The number of benzene rings is 1. The fraction of sp³-hybridized carbons (Fsp3) is 0.308. The summed E-state index contributed by atoms with van der Waals surface area (Å²) >= 11 is 11.2. The number of nitrogens with two attached hydrogens (primary N) is 1. The van der Waals surface area contributed by atoms with Gasteiger partial charge in [-0.25, -0.2) is 0 Å². The minimum absolute atomic E-state index is 0.664. The zero-order valence-electron chi connectivity index (χ0n) is 10.8. The third-order valence-corrected chi connectivity index (χ3v) is 5.09. The van der Waals surface area contributed by atoms with Gasteiger partial charge in [0.2, 0.25) is 0 Å². The minimum atomic E-state index is 0.664. The third kappa shape index (κ3) is 3.27. The number of nitrogen functional groups attached to an aromatic ring is 1. The van der Waals surface area contributed by atoms with Crippen LogP contribution in [0.1, 0.15) is 18.3 Å². The summed E-state index contributed by atoms with van der Waals surface area (Å²) in [5, 5.41) is 5.15. The molecule has 1 aromatic heterocycles. The molecule has 0 fully saturated rings. The smallest absolute Gasteiger partial charge is 0.0767 e. The first kappa shape index (κ1) is 14.8. The molecule has 0 aliphatic carbocycles. The van der Waals surface area contributed by atoms with Gasteiger partial charge in [-0.1, -0.05) is 18.5 Å². The van der Waals surface area contributed by atoms with Gasteiger partial charge >= 0.3 is 0 Å². The Hall–Kier alpha value is -0.650. The van der Waals surface area contributed by atoms with Crippen LogP contribution in [0, 0.1) is 0 Å². The van der Waals surface area contributed by atoms with Gasteiger partial charge in [-0.05, 0) is 40.5 Å². The number of nitrogens with zero attached hydrogens (tertiary/aromatic N) is 2. The first-order chi connectivity index (χ1) is 9.02. The van der Waals surface area contributed by atoms with Crippen molar-refractivity contribution in [3.63, 3.8) is 0 Å². The van der Waals surface area contributed by atoms with Gasteiger partial charge in [0, 0.05) is 28.4 Å². The second-order valence-electron chi connectivity index (χ2n) is 4.16. The molecule has 0 saturated carbocycles. The summed E-state index contributed by atoms with van der Waals surface area (Å²) in [7, 11) is 1.96. The lowest BCUT2D eigenvalue weighted by molar-refractivity contribution is 0.719. The highest BCUT2D eigenvalue weighted by atomic mass is 79.9.